The van der Waals surface area contributed by atoms with Crippen molar-refractivity contribution in [1.29, 1.82) is 0 Å². The van der Waals surface area contributed by atoms with Crippen molar-refractivity contribution < 1.29 is 0 Å². The lowest BCUT2D eigenvalue weighted by Gasteiger charge is -2.14. The first-order valence-corrected chi connectivity index (χ1v) is 5.45. The highest BCUT2D eigenvalue weighted by molar-refractivity contribution is 6.32. The third-order valence-corrected chi connectivity index (χ3v) is 2.53. The average molecular weight is 235 g/mol. The molecule has 2 heterocycles. The summed E-state index contributed by atoms with van der Waals surface area (Å²) in [4.78, 5) is 4.18. The van der Waals surface area contributed by atoms with Gasteiger partial charge in [0.25, 0.3) is 0 Å². The Morgan fingerprint density at radius 2 is 2.12 bits per heavy atom. The zero-order chi connectivity index (χ0) is 11.8. The van der Waals surface area contributed by atoms with Gasteiger partial charge in [-0.25, -0.2) is 9.67 Å². The number of nitrogens with zero attached hydrogens (tertiary/aromatic N) is 3. The number of halogens is 1. The van der Waals surface area contributed by atoms with E-state index in [-0.39, 0.29) is 5.41 Å². The number of rotatable bonds is 1. The van der Waals surface area contributed by atoms with Crippen LogP contribution in [-0.4, -0.2) is 14.8 Å². The molecule has 0 aliphatic carbocycles. The third-order valence-electron chi connectivity index (χ3n) is 2.24. The van der Waals surface area contributed by atoms with Crippen molar-refractivity contribution in [2.75, 3.05) is 0 Å². The van der Waals surface area contributed by atoms with Gasteiger partial charge in [-0.1, -0.05) is 32.4 Å². The third kappa shape index (κ3) is 2.09. The van der Waals surface area contributed by atoms with E-state index in [0.717, 1.165) is 5.69 Å². The number of aromatic nitrogens is 3. The van der Waals surface area contributed by atoms with E-state index in [1.807, 2.05) is 6.07 Å². The van der Waals surface area contributed by atoms with Crippen LogP contribution >= 0.6 is 11.6 Å². The average Bonchev–Trinajstić information content (AvgIpc) is 2.66. The summed E-state index contributed by atoms with van der Waals surface area (Å²) in [7, 11) is 0. The van der Waals surface area contributed by atoms with Crippen molar-refractivity contribution in [3.05, 3.63) is 41.3 Å². The highest BCUT2D eigenvalue weighted by atomic mass is 35.5. The molecule has 0 unspecified atom stereocenters. The molecule has 0 aromatic carbocycles. The summed E-state index contributed by atoms with van der Waals surface area (Å²) in [6.45, 7) is 6.31. The predicted octanol–water partition coefficient (Wildman–Crippen LogP) is 3.02. The van der Waals surface area contributed by atoms with Crippen molar-refractivity contribution >= 4 is 11.6 Å². The van der Waals surface area contributed by atoms with Crippen molar-refractivity contribution in [3.8, 4) is 5.82 Å². The minimum absolute atomic E-state index is 0.00298. The lowest BCUT2D eigenvalue weighted by atomic mass is 9.93. The minimum Gasteiger partial charge on any atom is -0.236 e. The van der Waals surface area contributed by atoms with Crippen LogP contribution in [-0.2, 0) is 5.41 Å². The van der Waals surface area contributed by atoms with Gasteiger partial charge >= 0.3 is 0 Å². The molecule has 16 heavy (non-hydrogen) atoms. The molecule has 83 valence electrons. The molecule has 0 saturated heterocycles. The summed E-state index contributed by atoms with van der Waals surface area (Å²) in [6, 6.07) is 5.45. The summed E-state index contributed by atoms with van der Waals surface area (Å²) in [6.07, 6.45) is 4.72. The summed E-state index contributed by atoms with van der Waals surface area (Å²) in [5, 5.41) is 5.00. The Morgan fingerprint density at radius 1 is 1.38 bits per heavy atom. The standard InChI is InChI=1S/C12H13ClN3/c1-12(2,3)10-6-8-16(15-10)11-9(13)5-4-7-14-11/h4-7H,1-3H3. The first kappa shape index (κ1) is 11.1. The van der Waals surface area contributed by atoms with Gasteiger partial charge in [0.15, 0.2) is 5.82 Å². The molecule has 0 aliphatic heterocycles. The first-order chi connectivity index (χ1) is 7.48. The quantitative estimate of drug-likeness (QED) is 0.760. The van der Waals surface area contributed by atoms with Gasteiger partial charge in [0.05, 0.1) is 16.9 Å². The van der Waals surface area contributed by atoms with E-state index in [0.29, 0.717) is 10.8 Å². The Morgan fingerprint density at radius 3 is 2.69 bits per heavy atom. The molecule has 3 nitrogen and oxygen atoms in total. The van der Waals surface area contributed by atoms with Gasteiger partial charge in [0.2, 0.25) is 0 Å². The lowest BCUT2D eigenvalue weighted by Crippen LogP contribution is -2.12. The van der Waals surface area contributed by atoms with E-state index in [2.05, 4.69) is 37.1 Å². The smallest absolute Gasteiger partial charge is 0.172 e. The molecule has 0 amide bonds. The molecule has 0 spiro atoms. The lowest BCUT2D eigenvalue weighted by molar-refractivity contribution is 0.559. The Balaban J connectivity index is 2.44. The van der Waals surface area contributed by atoms with Crippen LogP contribution in [0.1, 0.15) is 26.5 Å². The molecule has 2 rings (SSSR count). The molecule has 1 radical (unpaired) electrons. The highest BCUT2D eigenvalue weighted by Crippen LogP contribution is 2.22. The predicted molar refractivity (Wildman–Crippen MR) is 63.9 cm³/mol. The maximum absolute atomic E-state index is 6.04. The van der Waals surface area contributed by atoms with Gasteiger partial charge in [0, 0.05) is 11.6 Å². The van der Waals surface area contributed by atoms with Crippen LogP contribution in [0.5, 0.6) is 0 Å². The maximum atomic E-state index is 6.04. The normalized spacial score (nSPS) is 11.8. The fourth-order valence-corrected chi connectivity index (χ4v) is 1.50. The fourth-order valence-electron chi connectivity index (χ4n) is 1.30. The number of hydrogen-bond donors (Lipinski definition) is 0. The van der Waals surface area contributed by atoms with E-state index >= 15 is 0 Å². The fraction of sp³-hybridized carbons (Fsp3) is 0.333. The van der Waals surface area contributed by atoms with Gasteiger partial charge in [-0.2, -0.15) is 5.10 Å². The molecule has 0 fully saturated rings. The summed E-state index contributed by atoms with van der Waals surface area (Å²) < 4.78 is 1.59. The highest BCUT2D eigenvalue weighted by Gasteiger charge is 2.18. The molecule has 0 bridgehead atoms. The molecule has 0 aliphatic rings. The molecule has 0 saturated carbocycles. The molecule has 4 heteroatoms. The summed E-state index contributed by atoms with van der Waals surface area (Å²) in [5.74, 6) is 0.611. The van der Waals surface area contributed by atoms with Crippen molar-refractivity contribution in [1.82, 2.24) is 14.8 Å². The zero-order valence-corrected chi connectivity index (χ0v) is 10.3. The Hall–Kier alpha value is -1.35. The van der Waals surface area contributed by atoms with E-state index < -0.39 is 0 Å². The molecule has 2 aromatic heterocycles. The van der Waals surface area contributed by atoms with Crippen molar-refractivity contribution in [2.24, 2.45) is 0 Å². The van der Waals surface area contributed by atoms with Gasteiger partial charge in [-0.05, 0) is 18.2 Å². The molecular weight excluding hydrogens is 222 g/mol. The van der Waals surface area contributed by atoms with Gasteiger partial charge in [-0.3, -0.25) is 0 Å². The van der Waals surface area contributed by atoms with E-state index in [1.165, 1.54) is 0 Å². The van der Waals surface area contributed by atoms with Crippen LogP contribution < -0.4 is 0 Å². The van der Waals surface area contributed by atoms with E-state index in [9.17, 15) is 0 Å². The second-order valence-electron chi connectivity index (χ2n) is 4.63. The van der Waals surface area contributed by atoms with Crippen molar-refractivity contribution in [3.63, 3.8) is 0 Å². The SMILES string of the molecule is CC(C)(C)c1c[c]n(-c2ncccc2Cl)n1. The van der Waals surface area contributed by atoms with E-state index in [1.54, 1.807) is 23.0 Å². The van der Waals surface area contributed by atoms with Crippen LogP contribution in [0.25, 0.3) is 5.82 Å². The monoisotopic (exact) mass is 234 g/mol. The summed E-state index contributed by atoms with van der Waals surface area (Å²) >= 11 is 6.04. The molecule has 0 atom stereocenters. The van der Waals surface area contributed by atoms with Crippen LogP contribution in [0.3, 0.4) is 0 Å². The Bertz CT molecular complexity index is 497. The first-order valence-electron chi connectivity index (χ1n) is 5.07. The Kier molecular flexibility index (Phi) is 2.72. The largest absolute Gasteiger partial charge is 0.236 e. The maximum Gasteiger partial charge on any atom is 0.172 e. The topological polar surface area (TPSA) is 30.7 Å². The van der Waals surface area contributed by atoms with Crippen LogP contribution in [0.4, 0.5) is 0 Å². The molecular formula is C12H13ClN3. The van der Waals surface area contributed by atoms with Gasteiger partial charge in [-0.15, -0.1) is 0 Å². The molecule has 2 aromatic rings. The van der Waals surface area contributed by atoms with Crippen LogP contribution in [0.15, 0.2) is 24.4 Å². The van der Waals surface area contributed by atoms with Gasteiger partial charge < -0.3 is 0 Å². The van der Waals surface area contributed by atoms with E-state index in [4.69, 9.17) is 11.6 Å². The molecule has 0 N–H and O–H groups in total. The minimum atomic E-state index is 0.00298. The number of pyridine rings is 1. The second kappa shape index (κ2) is 3.91. The Labute approximate surface area is 100 Å². The van der Waals surface area contributed by atoms with Crippen molar-refractivity contribution in [2.45, 2.75) is 26.2 Å². The second-order valence-corrected chi connectivity index (χ2v) is 5.04. The number of hydrogen-bond acceptors (Lipinski definition) is 2. The van der Waals surface area contributed by atoms with Crippen LogP contribution in [0.2, 0.25) is 5.02 Å². The van der Waals surface area contributed by atoms with Gasteiger partial charge in [0.1, 0.15) is 0 Å². The van der Waals surface area contributed by atoms with Crippen LogP contribution in [0, 0.1) is 6.20 Å². The summed E-state index contributed by atoms with van der Waals surface area (Å²) in [5.41, 5.74) is 0.970. The zero-order valence-electron chi connectivity index (χ0n) is 9.53.